The van der Waals surface area contributed by atoms with Crippen LogP contribution in [0.15, 0.2) is 18.2 Å². The molecule has 0 aliphatic heterocycles. The van der Waals surface area contributed by atoms with Gasteiger partial charge in [-0.05, 0) is 30.7 Å². The van der Waals surface area contributed by atoms with E-state index in [2.05, 4.69) is 5.32 Å². The minimum atomic E-state index is -2.91. The van der Waals surface area contributed by atoms with Crippen molar-refractivity contribution in [1.29, 1.82) is 0 Å². The highest BCUT2D eigenvalue weighted by molar-refractivity contribution is 5.95. The minimum absolute atomic E-state index is 0.188. The number of nitrogens with one attached hydrogen (secondary N) is 1. The van der Waals surface area contributed by atoms with Gasteiger partial charge in [-0.3, -0.25) is 4.79 Å². The Kier molecular flexibility index (Phi) is 4.51. The number of aryl methyl sites for hydroxylation is 1. The SMILES string of the molecule is Cc1cc(F)ccc1C(=O)NCC(O)C(F)F. The van der Waals surface area contributed by atoms with Crippen molar-refractivity contribution >= 4 is 5.91 Å². The van der Waals surface area contributed by atoms with Crippen molar-refractivity contribution in [2.45, 2.75) is 19.5 Å². The molecule has 6 heteroatoms. The minimum Gasteiger partial charge on any atom is -0.385 e. The average Bonchev–Trinajstić information content (AvgIpc) is 2.25. The number of hydrogen-bond acceptors (Lipinski definition) is 2. The zero-order chi connectivity index (χ0) is 13.0. The molecule has 0 radical (unpaired) electrons. The molecule has 1 aromatic carbocycles. The Balaban J connectivity index is 2.64. The van der Waals surface area contributed by atoms with E-state index in [-0.39, 0.29) is 5.56 Å². The van der Waals surface area contributed by atoms with Gasteiger partial charge in [0, 0.05) is 12.1 Å². The molecule has 0 spiro atoms. The summed E-state index contributed by atoms with van der Waals surface area (Å²) in [6.07, 6.45) is -4.82. The van der Waals surface area contributed by atoms with Crippen LogP contribution >= 0.6 is 0 Å². The van der Waals surface area contributed by atoms with Crippen molar-refractivity contribution in [3.63, 3.8) is 0 Å². The average molecular weight is 247 g/mol. The van der Waals surface area contributed by atoms with Crippen LogP contribution in [-0.4, -0.2) is 30.1 Å². The monoisotopic (exact) mass is 247 g/mol. The van der Waals surface area contributed by atoms with Crippen LogP contribution in [0.4, 0.5) is 13.2 Å². The zero-order valence-corrected chi connectivity index (χ0v) is 9.08. The fraction of sp³-hybridized carbons (Fsp3) is 0.364. The lowest BCUT2D eigenvalue weighted by Gasteiger charge is -2.11. The van der Waals surface area contributed by atoms with Gasteiger partial charge in [0.2, 0.25) is 0 Å². The summed E-state index contributed by atoms with van der Waals surface area (Å²) in [6, 6.07) is 3.53. The summed E-state index contributed by atoms with van der Waals surface area (Å²) >= 11 is 0. The highest BCUT2D eigenvalue weighted by atomic mass is 19.3. The molecule has 0 fully saturated rings. The van der Waals surface area contributed by atoms with Crippen LogP contribution in [0.5, 0.6) is 0 Å². The topological polar surface area (TPSA) is 49.3 Å². The third kappa shape index (κ3) is 3.74. The smallest absolute Gasteiger partial charge is 0.265 e. The number of amides is 1. The molecular formula is C11H12F3NO2. The summed E-state index contributed by atoms with van der Waals surface area (Å²) in [6.45, 7) is 0.981. The molecule has 3 nitrogen and oxygen atoms in total. The number of alkyl halides is 2. The summed E-state index contributed by atoms with van der Waals surface area (Å²) in [5.74, 6) is -1.10. The van der Waals surface area contributed by atoms with Crippen LogP contribution in [-0.2, 0) is 0 Å². The van der Waals surface area contributed by atoms with Crippen LogP contribution < -0.4 is 5.32 Å². The van der Waals surface area contributed by atoms with E-state index in [1.54, 1.807) is 0 Å². The predicted molar refractivity (Wildman–Crippen MR) is 55.5 cm³/mol. The number of halogens is 3. The maximum Gasteiger partial charge on any atom is 0.265 e. The van der Waals surface area contributed by atoms with Crippen LogP contribution in [0.3, 0.4) is 0 Å². The molecule has 0 heterocycles. The molecule has 2 N–H and O–H groups in total. The molecule has 1 amide bonds. The molecular weight excluding hydrogens is 235 g/mol. The fourth-order valence-corrected chi connectivity index (χ4v) is 1.26. The quantitative estimate of drug-likeness (QED) is 0.846. The van der Waals surface area contributed by atoms with Gasteiger partial charge in [-0.15, -0.1) is 0 Å². The van der Waals surface area contributed by atoms with Crippen molar-refractivity contribution in [3.05, 3.63) is 35.1 Å². The van der Waals surface area contributed by atoms with Gasteiger partial charge in [-0.25, -0.2) is 13.2 Å². The molecule has 1 aromatic rings. The molecule has 0 bridgehead atoms. The van der Waals surface area contributed by atoms with Gasteiger partial charge in [0.1, 0.15) is 11.9 Å². The first-order valence-electron chi connectivity index (χ1n) is 4.92. The van der Waals surface area contributed by atoms with Crippen LogP contribution in [0.1, 0.15) is 15.9 Å². The van der Waals surface area contributed by atoms with Gasteiger partial charge in [0.05, 0.1) is 0 Å². The van der Waals surface area contributed by atoms with Crippen LogP contribution in [0.2, 0.25) is 0 Å². The van der Waals surface area contributed by atoms with E-state index in [1.807, 2.05) is 0 Å². The van der Waals surface area contributed by atoms with Crippen molar-refractivity contribution in [2.75, 3.05) is 6.54 Å². The first kappa shape index (κ1) is 13.5. The van der Waals surface area contributed by atoms with Crippen molar-refractivity contribution in [2.24, 2.45) is 0 Å². The number of hydrogen-bond donors (Lipinski definition) is 2. The Hall–Kier alpha value is -1.56. The highest BCUT2D eigenvalue weighted by Gasteiger charge is 2.18. The van der Waals surface area contributed by atoms with E-state index in [9.17, 15) is 18.0 Å². The molecule has 0 aliphatic rings. The Morgan fingerprint density at radius 2 is 2.12 bits per heavy atom. The second kappa shape index (κ2) is 5.67. The Morgan fingerprint density at radius 1 is 1.47 bits per heavy atom. The third-order valence-electron chi connectivity index (χ3n) is 2.20. The van der Waals surface area contributed by atoms with Crippen LogP contribution in [0, 0.1) is 12.7 Å². The van der Waals surface area contributed by atoms with Crippen molar-refractivity contribution < 1.29 is 23.1 Å². The zero-order valence-electron chi connectivity index (χ0n) is 9.08. The van der Waals surface area contributed by atoms with E-state index in [4.69, 9.17) is 5.11 Å². The number of aliphatic hydroxyl groups is 1. The highest BCUT2D eigenvalue weighted by Crippen LogP contribution is 2.10. The number of carbonyl (C=O) groups excluding carboxylic acids is 1. The number of aliphatic hydroxyl groups excluding tert-OH is 1. The van der Waals surface area contributed by atoms with E-state index >= 15 is 0 Å². The Bertz CT molecular complexity index is 410. The normalized spacial score (nSPS) is 12.6. The lowest BCUT2D eigenvalue weighted by molar-refractivity contribution is -0.00270. The number of benzene rings is 1. The lowest BCUT2D eigenvalue weighted by Crippen LogP contribution is -2.36. The van der Waals surface area contributed by atoms with Gasteiger partial charge in [0.25, 0.3) is 12.3 Å². The third-order valence-corrected chi connectivity index (χ3v) is 2.20. The maximum absolute atomic E-state index is 12.8. The Morgan fingerprint density at radius 3 is 2.65 bits per heavy atom. The summed E-state index contributed by atoms with van der Waals surface area (Å²) in [5.41, 5.74) is 0.585. The van der Waals surface area contributed by atoms with E-state index < -0.39 is 30.8 Å². The van der Waals surface area contributed by atoms with Gasteiger partial charge < -0.3 is 10.4 Å². The molecule has 0 saturated heterocycles. The standard InChI is InChI=1S/C11H12F3NO2/c1-6-4-7(12)2-3-8(6)11(17)15-5-9(16)10(13)14/h2-4,9-10,16H,5H2,1H3,(H,15,17). The summed E-state index contributed by atoms with van der Waals surface area (Å²) < 4.78 is 36.7. The molecule has 0 aromatic heterocycles. The molecule has 94 valence electrons. The van der Waals surface area contributed by atoms with E-state index in [1.165, 1.54) is 19.1 Å². The molecule has 17 heavy (non-hydrogen) atoms. The van der Waals surface area contributed by atoms with E-state index in [0.717, 1.165) is 6.07 Å². The van der Waals surface area contributed by atoms with E-state index in [0.29, 0.717) is 5.56 Å². The Labute approximate surface area is 96.3 Å². The maximum atomic E-state index is 12.8. The van der Waals surface area contributed by atoms with Crippen molar-refractivity contribution in [1.82, 2.24) is 5.32 Å². The van der Waals surface area contributed by atoms with Crippen molar-refractivity contribution in [3.8, 4) is 0 Å². The second-order valence-electron chi connectivity index (χ2n) is 3.57. The molecule has 0 saturated carbocycles. The molecule has 1 unspecified atom stereocenters. The molecule has 0 aliphatic carbocycles. The van der Waals surface area contributed by atoms with Crippen LogP contribution in [0.25, 0.3) is 0 Å². The molecule has 1 rings (SSSR count). The first-order valence-corrected chi connectivity index (χ1v) is 4.92. The van der Waals surface area contributed by atoms with Gasteiger partial charge in [-0.1, -0.05) is 0 Å². The van der Waals surface area contributed by atoms with Gasteiger partial charge in [0.15, 0.2) is 0 Å². The number of rotatable bonds is 4. The fourth-order valence-electron chi connectivity index (χ4n) is 1.26. The van der Waals surface area contributed by atoms with Gasteiger partial charge >= 0.3 is 0 Å². The predicted octanol–water partition coefficient (Wildman–Crippen LogP) is 1.49. The molecule has 1 atom stereocenters. The first-order chi connectivity index (χ1) is 7.91. The second-order valence-corrected chi connectivity index (χ2v) is 3.57. The largest absolute Gasteiger partial charge is 0.385 e. The number of carbonyl (C=O) groups is 1. The summed E-state index contributed by atoms with van der Waals surface area (Å²) in [7, 11) is 0. The summed E-state index contributed by atoms with van der Waals surface area (Å²) in [5, 5.41) is 11.0. The summed E-state index contributed by atoms with van der Waals surface area (Å²) in [4.78, 5) is 11.5. The van der Waals surface area contributed by atoms with Gasteiger partial charge in [-0.2, -0.15) is 0 Å². The lowest BCUT2D eigenvalue weighted by atomic mass is 10.1.